The van der Waals surface area contributed by atoms with Crippen molar-refractivity contribution in [1.82, 2.24) is 5.32 Å². The second-order valence-corrected chi connectivity index (χ2v) is 4.83. The van der Waals surface area contributed by atoms with Gasteiger partial charge in [0.15, 0.2) is 0 Å². The van der Waals surface area contributed by atoms with Gasteiger partial charge in [-0.3, -0.25) is 4.79 Å². The fourth-order valence-electron chi connectivity index (χ4n) is 2.90. The molecule has 0 radical (unpaired) electrons. The summed E-state index contributed by atoms with van der Waals surface area (Å²) in [5.41, 5.74) is 5.07. The average Bonchev–Trinajstić information content (AvgIpc) is 2.02. The van der Waals surface area contributed by atoms with E-state index in [0.717, 1.165) is 19.4 Å². The molecule has 1 aliphatic carbocycles. The topological polar surface area (TPSA) is 55.1 Å². The van der Waals surface area contributed by atoms with Gasteiger partial charge in [0, 0.05) is 0 Å². The highest BCUT2D eigenvalue weighted by molar-refractivity contribution is 5.84. The number of hydrogen-bond acceptors (Lipinski definition) is 2. The maximum absolute atomic E-state index is 11.5. The number of nitrogens with two attached hydrogens (primary N) is 1. The van der Waals surface area contributed by atoms with Crippen molar-refractivity contribution < 1.29 is 4.79 Å². The summed E-state index contributed by atoms with van der Waals surface area (Å²) < 4.78 is 0. The Kier molecular flexibility index (Phi) is 3.53. The molecule has 0 bridgehead atoms. The number of amides is 1. The van der Waals surface area contributed by atoms with Crippen molar-refractivity contribution in [2.24, 2.45) is 17.6 Å². The molecular formula is C11H22N2O. The zero-order chi connectivity index (χ0) is 10.8. The van der Waals surface area contributed by atoms with E-state index in [9.17, 15) is 4.79 Å². The number of carbonyl (C=O) groups is 1. The lowest BCUT2D eigenvalue weighted by atomic mass is 9.71. The van der Waals surface area contributed by atoms with Crippen molar-refractivity contribution in [1.29, 1.82) is 0 Å². The van der Waals surface area contributed by atoms with Crippen molar-refractivity contribution >= 4 is 5.91 Å². The van der Waals surface area contributed by atoms with Crippen LogP contribution in [0.5, 0.6) is 0 Å². The molecule has 1 saturated carbocycles. The lowest BCUT2D eigenvalue weighted by molar-refractivity contribution is -0.127. The predicted molar refractivity (Wildman–Crippen MR) is 57.8 cm³/mol. The van der Waals surface area contributed by atoms with Gasteiger partial charge in [0.05, 0.1) is 5.54 Å². The van der Waals surface area contributed by atoms with Gasteiger partial charge in [-0.05, 0) is 37.6 Å². The van der Waals surface area contributed by atoms with Gasteiger partial charge >= 0.3 is 0 Å². The van der Waals surface area contributed by atoms with E-state index in [1.807, 2.05) is 6.92 Å². The normalized spacial score (nSPS) is 38.2. The Hall–Kier alpha value is -0.570. The average molecular weight is 198 g/mol. The first-order valence-electron chi connectivity index (χ1n) is 5.55. The van der Waals surface area contributed by atoms with Crippen LogP contribution in [0.3, 0.4) is 0 Å². The van der Waals surface area contributed by atoms with Crippen molar-refractivity contribution in [3.63, 3.8) is 0 Å². The van der Waals surface area contributed by atoms with Crippen LogP contribution in [0.2, 0.25) is 0 Å². The molecule has 1 aliphatic rings. The van der Waals surface area contributed by atoms with E-state index < -0.39 is 5.54 Å². The Morgan fingerprint density at radius 2 is 1.93 bits per heavy atom. The highest BCUT2D eigenvalue weighted by atomic mass is 16.1. The smallest absolute Gasteiger partial charge is 0.237 e. The lowest BCUT2D eigenvalue weighted by Crippen LogP contribution is -2.58. The largest absolute Gasteiger partial charge is 0.368 e. The summed E-state index contributed by atoms with van der Waals surface area (Å²) >= 11 is 0. The number of primary amides is 1. The first kappa shape index (κ1) is 11.5. The van der Waals surface area contributed by atoms with E-state index in [4.69, 9.17) is 5.73 Å². The van der Waals surface area contributed by atoms with Crippen LogP contribution in [0.25, 0.3) is 0 Å². The molecule has 0 aromatic heterocycles. The molecule has 0 spiro atoms. The summed E-state index contributed by atoms with van der Waals surface area (Å²) in [6.07, 6.45) is 2.99. The van der Waals surface area contributed by atoms with E-state index in [0.29, 0.717) is 11.8 Å². The third-order valence-electron chi connectivity index (χ3n) is 3.19. The molecule has 82 valence electrons. The summed E-state index contributed by atoms with van der Waals surface area (Å²) in [5, 5.41) is 3.28. The van der Waals surface area contributed by atoms with E-state index in [2.05, 4.69) is 19.2 Å². The molecule has 0 aromatic rings. The molecule has 1 amide bonds. The monoisotopic (exact) mass is 198 g/mol. The molecule has 2 unspecified atom stereocenters. The quantitative estimate of drug-likeness (QED) is 0.717. The molecule has 3 nitrogen and oxygen atoms in total. The van der Waals surface area contributed by atoms with Crippen molar-refractivity contribution in [2.75, 3.05) is 6.54 Å². The molecule has 2 atom stereocenters. The number of hydrogen-bond donors (Lipinski definition) is 2. The van der Waals surface area contributed by atoms with Gasteiger partial charge in [0.1, 0.15) is 0 Å². The van der Waals surface area contributed by atoms with Crippen LogP contribution in [0, 0.1) is 11.8 Å². The molecule has 0 heterocycles. The highest BCUT2D eigenvalue weighted by Gasteiger charge is 2.41. The van der Waals surface area contributed by atoms with Gasteiger partial charge in [0.25, 0.3) is 0 Å². The molecule has 1 fully saturated rings. The van der Waals surface area contributed by atoms with E-state index in [-0.39, 0.29) is 5.91 Å². The minimum absolute atomic E-state index is 0.183. The Morgan fingerprint density at radius 1 is 1.43 bits per heavy atom. The van der Waals surface area contributed by atoms with Crippen LogP contribution < -0.4 is 11.1 Å². The van der Waals surface area contributed by atoms with E-state index in [1.54, 1.807) is 0 Å². The fourth-order valence-corrected chi connectivity index (χ4v) is 2.90. The van der Waals surface area contributed by atoms with Crippen molar-refractivity contribution in [3.05, 3.63) is 0 Å². The van der Waals surface area contributed by atoms with Gasteiger partial charge in [-0.1, -0.05) is 20.8 Å². The lowest BCUT2D eigenvalue weighted by Gasteiger charge is -2.41. The van der Waals surface area contributed by atoms with E-state index in [1.165, 1.54) is 6.42 Å². The van der Waals surface area contributed by atoms with Crippen molar-refractivity contribution in [3.8, 4) is 0 Å². The van der Waals surface area contributed by atoms with Crippen LogP contribution in [0.15, 0.2) is 0 Å². The maximum atomic E-state index is 11.5. The highest BCUT2D eigenvalue weighted by Crippen LogP contribution is 2.35. The Bertz CT molecular complexity index is 205. The summed E-state index contributed by atoms with van der Waals surface area (Å²) in [4.78, 5) is 11.5. The molecular weight excluding hydrogens is 176 g/mol. The van der Waals surface area contributed by atoms with Gasteiger partial charge in [-0.25, -0.2) is 0 Å². The van der Waals surface area contributed by atoms with Crippen LogP contribution in [0.1, 0.15) is 40.0 Å². The maximum Gasteiger partial charge on any atom is 0.237 e. The summed E-state index contributed by atoms with van der Waals surface area (Å²) in [6.45, 7) is 7.23. The van der Waals surface area contributed by atoms with Crippen LogP contribution >= 0.6 is 0 Å². The Balaban J connectivity index is 2.79. The SMILES string of the molecule is CCNC1(C(N)=O)CC(C)CC(C)C1. The summed E-state index contributed by atoms with van der Waals surface area (Å²) in [5.74, 6) is 0.994. The standard InChI is InChI=1S/C11H22N2O/c1-4-13-11(10(12)14)6-8(2)5-9(3)7-11/h8-9,13H,4-7H2,1-3H3,(H2,12,14). The van der Waals surface area contributed by atoms with Gasteiger partial charge in [0.2, 0.25) is 5.91 Å². The molecule has 0 aromatic carbocycles. The summed E-state index contributed by atoms with van der Waals surface area (Å²) in [7, 11) is 0. The molecule has 0 saturated heterocycles. The molecule has 0 aliphatic heterocycles. The predicted octanol–water partition coefficient (Wildman–Crippen LogP) is 1.28. The van der Waals surface area contributed by atoms with Crippen molar-refractivity contribution in [2.45, 2.75) is 45.6 Å². The second kappa shape index (κ2) is 4.30. The zero-order valence-corrected chi connectivity index (χ0v) is 9.47. The third-order valence-corrected chi connectivity index (χ3v) is 3.19. The minimum atomic E-state index is -0.439. The van der Waals surface area contributed by atoms with Gasteiger partial charge in [-0.15, -0.1) is 0 Å². The Labute approximate surface area is 86.4 Å². The second-order valence-electron chi connectivity index (χ2n) is 4.83. The zero-order valence-electron chi connectivity index (χ0n) is 9.47. The molecule has 1 rings (SSSR count). The number of carbonyl (C=O) groups excluding carboxylic acids is 1. The third kappa shape index (κ3) is 2.27. The fraction of sp³-hybridized carbons (Fsp3) is 0.909. The molecule has 3 N–H and O–H groups in total. The van der Waals surface area contributed by atoms with Crippen LogP contribution in [0.4, 0.5) is 0 Å². The number of likely N-dealkylation sites (N-methyl/N-ethyl adjacent to an activating group) is 1. The number of rotatable bonds is 3. The number of nitrogens with one attached hydrogen (secondary N) is 1. The molecule has 14 heavy (non-hydrogen) atoms. The van der Waals surface area contributed by atoms with Gasteiger partial charge < -0.3 is 11.1 Å². The summed E-state index contributed by atoms with van der Waals surface area (Å²) in [6, 6.07) is 0. The van der Waals surface area contributed by atoms with Gasteiger partial charge in [-0.2, -0.15) is 0 Å². The molecule has 3 heteroatoms. The first-order valence-corrected chi connectivity index (χ1v) is 5.55. The minimum Gasteiger partial charge on any atom is -0.368 e. The Morgan fingerprint density at radius 3 is 2.29 bits per heavy atom. The van der Waals surface area contributed by atoms with Crippen LogP contribution in [-0.2, 0) is 4.79 Å². The van der Waals surface area contributed by atoms with E-state index >= 15 is 0 Å². The first-order chi connectivity index (χ1) is 6.50. The van der Waals surface area contributed by atoms with Crippen LogP contribution in [-0.4, -0.2) is 18.0 Å².